The average molecular weight is 370 g/mol. The minimum absolute atomic E-state index is 0.0339. The first kappa shape index (κ1) is 19.5. The van der Waals surface area contributed by atoms with E-state index in [0.29, 0.717) is 49.6 Å². The molecule has 25 heavy (non-hydrogen) atoms. The minimum Gasteiger partial charge on any atom is -0.493 e. The van der Waals surface area contributed by atoms with Gasteiger partial charge in [0.25, 0.3) is 5.91 Å². The molecule has 1 aromatic carbocycles. The van der Waals surface area contributed by atoms with Crippen molar-refractivity contribution in [2.24, 2.45) is 0 Å². The molecule has 8 heteroatoms. The normalized spacial score (nSPS) is 16.4. The molecule has 0 unspecified atom stereocenters. The fourth-order valence-electron chi connectivity index (χ4n) is 2.81. The first-order valence-electron chi connectivity index (χ1n) is 8.50. The fourth-order valence-corrected chi connectivity index (χ4v) is 3.95. The molecule has 140 valence electrons. The fraction of sp³-hybridized carbons (Fsp3) is 0.588. The largest absolute Gasteiger partial charge is 0.493 e. The van der Waals surface area contributed by atoms with Gasteiger partial charge in [0, 0.05) is 24.7 Å². The summed E-state index contributed by atoms with van der Waals surface area (Å²) in [5.74, 6) is 1.02. The average Bonchev–Trinajstić information content (AvgIpc) is 2.62. The second-order valence-electron chi connectivity index (χ2n) is 5.85. The summed E-state index contributed by atoms with van der Waals surface area (Å²) < 4.78 is 36.0. The van der Waals surface area contributed by atoms with Crippen molar-refractivity contribution in [2.45, 2.75) is 32.7 Å². The number of carbonyl (C=O) groups excluding carboxylic acids is 1. The maximum absolute atomic E-state index is 12.4. The number of carbonyl (C=O) groups is 1. The van der Waals surface area contributed by atoms with Crippen LogP contribution in [-0.2, 0) is 10.0 Å². The molecule has 0 aromatic heterocycles. The van der Waals surface area contributed by atoms with Crippen LogP contribution < -0.4 is 14.8 Å². The van der Waals surface area contributed by atoms with Gasteiger partial charge in [-0.05, 0) is 44.9 Å². The third-order valence-electron chi connectivity index (χ3n) is 4.27. The Morgan fingerprint density at radius 2 is 1.92 bits per heavy atom. The van der Waals surface area contributed by atoms with Crippen molar-refractivity contribution in [3.63, 3.8) is 0 Å². The molecule has 0 radical (unpaired) electrons. The molecule has 1 heterocycles. The van der Waals surface area contributed by atoms with Gasteiger partial charge in [0.05, 0.1) is 19.5 Å². The lowest BCUT2D eigenvalue weighted by Gasteiger charge is -2.31. The van der Waals surface area contributed by atoms with Gasteiger partial charge in [-0.2, -0.15) is 0 Å². The zero-order valence-electron chi connectivity index (χ0n) is 14.9. The van der Waals surface area contributed by atoms with E-state index in [1.807, 2.05) is 6.92 Å². The van der Waals surface area contributed by atoms with Crippen LogP contribution in [0.3, 0.4) is 0 Å². The predicted molar refractivity (Wildman–Crippen MR) is 95.7 cm³/mol. The van der Waals surface area contributed by atoms with Crippen molar-refractivity contribution < 1.29 is 22.7 Å². The molecule has 2 rings (SSSR count). The van der Waals surface area contributed by atoms with Crippen LogP contribution in [0.2, 0.25) is 0 Å². The molecule has 1 aromatic rings. The number of hydrogen-bond acceptors (Lipinski definition) is 5. The maximum Gasteiger partial charge on any atom is 0.251 e. The number of amides is 1. The zero-order valence-corrected chi connectivity index (χ0v) is 15.8. The molecular formula is C17H26N2O5S. The lowest BCUT2D eigenvalue weighted by molar-refractivity contribution is 0.0923. The van der Waals surface area contributed by atoms with Crippen LogP contribution in [0.15, 0.2) is 18.2 Å². The van der Waals surface area contributed by atoms with Gasteiger partial charge in [-0.1, -0.05) is 0 Å². The summed E-state index contributed by atoms with van der Waals surface area (Å²) in [5.41, 5.74) is 0.490. The van der Waals surface area contributed by atoms with E-state index in [1.54, 1.807) is 25.1 Å². The van der Waals surface area contributed by atoms with E-state index in [-0.39, 0.29) is 17.7 Å². The van der Waals surface area contributed by atoms with E-state index in [1.165, 1.54) is 11.4 Å². The van der Waals surface area contributed by atoms with Crippen LogP contribution in [0.25, 0.3) is 0 Å². The Kier molecular flexibility index (Phi) is 6.66. The Morgan fingerprint density at radius 1 is 1.24 bits per heavy atom. The third kappa shape index (κ3) is 4.85. The highest BCUT2D eigenvalue weighted by Crippen LogP contribution is 2.28. The number of nitrogens with one attached hydrogen (secondary N) is 1. The van der Waals surface area contributed by atoms with Gasteiger partial charge < -0.3 is 14.8 Å². The van der Waals surface area contributed by atoms with E-state index < -0.39 is 10.0 Å². The molecule has 7 nitrogen and oxygen atoms in total. The molecular weight excluding hydrogens is 344 g/mol. The van der Waals surface area contributed by atoms with E-state index >= 15 is 0 Å². The molecule has 0 spiro atoms. The lowest BCUT2D eigenvalue weighted by Crippen LogP contribution is -2.46. The maximum atomic E-state index is 12.4. The standard InChI is InChI=1S/C17H26N2O5S/c1-4-24-15-7-6-13(12-16(15)23-3)17(20)18-14-8-10-19(11-9-14)25(21,22)5-2/h6-7,12,14H,4-5,8-11H2,1-3H3,(H,18,20). The number of hydrogen-bond donors (Lipinski definition) is 1. The van der Waals surface area contributed by atoms with Crippen molar-refractivity contribution in [1.82, 2.24) is 9.62 Å². The second-order valence-corrected chi connectivity index (χ2v) is 8.10. The van der Waals surface area contributed by atoms with Crippen LogP contribution in [0.4, 0.5) is 0 Å². The molecule has 1 amide bonds. The molecule has 1 fully saturated rings. The van der Waals surface area contributed by atoms with Gasteiger partial charge in [-0.3, -0.25) is 4.79 Å². The highest BCUT2D eigenvalue weighted by molar-refractivity contribution is 7.89. The summed E-state index contributed by atoms with van der Waals surface area (Å²) >= 11 is 0. The predicted octanol–water partition coefficient (Wildman–Crippen LogP) is 1.64. The summed E-state index contributed by atoms with van der Waals surface area (Å²) in [7, 11) is -1.62. The number of piperidine rings is 1. The summed E-state index contributed by atoms with van der Waals surface area (Å²) in [6, 6.07) is 5.03. The number of ether oxygens (including phenoxy) is 2. The van der Waals surface area contributed by atoms with Gasteiger partial charge in [0.15, 0.2) is 11.5 Å². The SMILES string of the molecule is CCOc1ccc(C(=O)NC2CCN(S(=O)(=O)CC)CC2)cc1OC. The van der Waals surface area contributed by atoms with Crippen LogP contribution in [-0.4, -0.2) is 57.2 Å². The second kappa shape index (κ2) is 8.53. The highest BCUT2D eigenvalue weighted by Gasteiger charge is 2.27. The molecule has 1 N–H and O–H groups in total. The topological polar surface area (TPSA) is 84.9 Å². The zero-order chi connectivity index (χ0) is 18.4. The molecule has 1 aliphatic rings. The van der Waals surface area contributed by atoms with Gasteiger partial charge >= 0.3 is 0 Å². The lowest BCUT2D eigenvalue weighted by atomic mass is 10.1. The van der Waals surface area contributed by atoms with Crippen molar-refractivity contribution in [3.8, 4) is 11.5 Å². The van der Waals surface area contributed by atoms with E-state index in [9.17, 15) is 13.2 Å². The smallest absolute Gasteiger partial charge is 0.251 e. The Bertz CT molecular complexity index is 697. The quantitative estimate of drug-likeness (QED) is 0.789. The van der Waals surface area contributed by atoms with Crippen molar-refractivity contribution in [1.29, 1.82) is 0 Å². The number of methoxy groups -OCH3 is 1. The summed E-state index contributed by atoms with van der Waals surface area (Å²) in [6.45, 7) is 4.91. The Labute approximate surface area is 149 Å². The molecule has 0 atom stereocenters. The van der Waals surface area contributed by atoms with Gasteiger partial charge in [0.2, 0.25) is 10.0 Å². The summed E-state index contributed by atoms with van der Waals surface area (Å²) in [6.07, 6.45) is 1.22. The van der Waals surface area contributed by atoms with Crippen LogP contribution in [0.1, 0.15) is 37.0 Å². The molecule has 0 bridgehead atoms. The number of benzene rings is 1. The molecule has 1 saturated heterocycles. The number of sulfonamides is 1. The van der Waals surface area contributed by atoms with E-state index in [4.69, 9.17) is 9.47 Å². The monoisotopic (exact) mass is 370 g/mol. The Morgan fingerprint density at radius 3 is 2.48 bits per heavy atom. The van der Waals surface area contributed by atoms with Gasteiger partial charge in [-0.25, -0.2) is 12.7 Å². The van der Waals surface area contributed by atoms with Crippen molar-refractivity contribution >= 4 is 15.9 Å². The Hall–Kier alpha value is -1.80. The van der Waals surface area contributed by atoms with Crippen molar-refractivity contribution in [2.75, 3.05) is 32.6 Å². The van der Waals surface area contributed by atoms with Gasteiger partial charge in [-0.15, -0.1) is 0 Å². The Balaban J connectivity index is 1.97. The van der Waals surface area contributed by atoms with Gasteiger partial charge in [0.1, 0.15) is 0 Å². The first-order valence-corrected chi connectivity index (χ1v) is 10.1. The third-order valence-corrected chi connectivity index (χ3v) is 6.15. The molecule has 1 aliphatic heterocycles. The van der Waals surface area contributed by atoms with Crippen molar-refractivity contribution in [3.05, 3.63) is 23.8 Å². The minimum atomic E-state index is -3.15. The number of nitrogens with zero attached hydrogens (tertiary/aromatic N) is 1. The van der Waals surface area contributed by atoms with E-state index in [2.05, 4.69) is 5.32 Å². The van der Waals surface area contributed by atoms with E-state index in [0.717, 1.165) is 0 Å². The molecule has 0 aliphatic carbocycles. The molecule has 0 saturated carbocycles. The first-order chi connectivity index (χ1) is 11.9. The van der Waals surface area contributed by atoms with Crippen LogP contribution in [0.5, 0.6) is 11.5 Å². The van der Waals surface area contributed by atoms with Crippen LogP contribution in [0, 0.1) is 0 Å². The summed E-state index contributed by atoms with van der Waals surface area (Å²) in [5, 5.41) is 2.97. The van der Waals surface area contributed by atoms with Crippen LogP contribution >= 0.6 is 0 Å². The number of rotatable bonds is 7. The summed E-state index contributed by atoms with van der Waals surface area (Å²) in [4.78, 5) is 12.4. The highest BCUT2D eigenvalue weighted by atomic mass is 32.2.